The molecule has 1 aliphatic rings. The van der Waals surface area contributed by atoms with Crippen molar-refractivity contribution in [2.45, 2.75) is 32.2 Å². The van der Waals surface area contributed by atoms with E-state index in [2.05, 4.69) is 23.5 Å². The summed E-state index contributed by atoms with van der Waals surface area (Å²) in [6.07, 6.45) is 2.89. The molecule has 96 valence electrons. The van der Waals surface area contributed by atoms with Crippen LogP contribution in [-0.4, -0.2) is 16.9 Å². The topological polar surface area (TPSA) is 55.1 Å². The van der Waals surface area contributed by atoms with Crippen molar-refractivity contribution < 1.29 is 4.79 Å². The molecule has 0 aliphatic heterocycles. The molecule has 0 spiro atoms. The highest BCUT2D eigenvalue weighted by atomic mass is 32.1. The zero-order chi connectivity index (χ0) is 13.1. The van der Waals surface area contributed by atoms with Crippen molar-refractivity contribution in [3.8, 4) is 0 Å². The van der Waals surface area contributed by atoms with Crippen molar-refractivity contribution >= 4 is 23.1 Å². The molecule has 0 bridgehead atoms. The van der Waals surface area contributed by atoms with Gasteiger partial charge in [0.05, 0.1) is 10.9 Å². The number of nitrogens with two attached hydrogens (primary N) is 1. The molecule has 0 saturated heterocycles. The molecule has 1 aromatic rings. The lowest BCUT2D eigenvalue weighted by Crippen LogP contribution is -2.44. The van der Waals surface area contributed by atoms with Gasteiger partial charge in [-0.2, -0.15) is 0 Å². The molecule has 0 fully saturated rings. The van der Waals surface area contributed by atoms with Crippen molar-refractivity contribution in [1.29, 1.82) is 0 Å². The number of nitrogens with one attached hydrogen (secondary N) is 1. The fourth-order valence-electron chi connectivity index (χ4n) is 2.28. The zero-order valence-electron chi connectivity index (χ0n) is 10.5. The zero-order valence-corrected chi connectivity index (χ0v) is 11.3. The quantitative estimate of drug-likeness (QED) is 0.813. The van der Waals surface area contributed by atoms with Crippen LogP contribution in [0.15, 0.2) is 24.3 Å². The van der Waals surface area contributed by atoms with E-state index in [9.17, 15) is 4.79 Å². The summed E-state index contributed by atoms with van der Waals surface area (Å²) in [4.78, 5) is 12.1. The van der Waals surface area contributed by atoms with Gasteiger partial charge in [0.2, 0.25) is 5.91 Å². The van der Waals surface area contributed by atoms with E-state index in [4.69, 9.17) is 18.0 Å². The Morgan fingerprint density at radius 3 is 2.78 bits per heavy atom. The van der Waals surface area contributed by atoms with E-state index in [0.717, 1.165) is 19.3 Å². The molecule has 0 radical (unpaired) electrons. The lowest BCUT2D eigenvalue weighted by Gasteiger charge is -2.26. The number of benzene rings is 1. The van der Waals surface area contributed by atoms with Gasteiger partial charge in [0.15, 0.2) is 0 Å². The van der Waals surface area contributed by atoms with E-state index >= 15 is 0 Å². The summed E-state index contributed by atoms with van der Waals surface area (Å²) in [5.74, 6) is -0.455. The van der Waals surface area contributed by atoms with Crippen LogP contribution in [0.25, 0.3) is 0 Å². The number of carbonyl (C=O) groups excluding carboxylic acids is 1. The summed E-state index contributed by atoms with van der Waals surface area (Å²) < 4.78 is 0. The first-order valence-corrected chi connectivity index (χ1v) is 6.65. The van der Waals surface area contributed by atoms with E-state index in [-0.39, 0.29) is 16.9 Å². The minimum absolute atomic E-state index is 0.0631. The van der Waals surface area contributed by atoms with Crippen LogP contribution in [0.1, 0.15) is 24.5 Å². The van der Waals surface area contributed by atoms with Crippen molar-refractivity contribution in [3.05, 3.63) is 35.4 Å². The summed E-state index contributed by atoms with van der Waals surface area (Å²) >= 11 is 4.84. The van der Waals surface area contributed by atoms with Crippen LogP contribution in [0, 0.1) is 5.92 Å². The molecular formula is C14H18N2OS. The summed E-state index contributed by atoms with van der Waals surface area (Å²) in [6, 6.07) is 8.59. The number of aryl methyl sites for hydroxylation is 1. The summed E-state index contributed by atoms with van der Waals surface area (Å²) in [6.45, 7) is 1.74. The Morgan fingerprint density at radius 2 is 2.11 bits per heavy atom. The Hall–Kier alpha value is -1.42. The van der Waals surface area contributed by atoms with Gasteiger partial charge in [-0.15, -0.1) is 0 Å². The summed E-state index contributed by atoms with van der Waals surface area (Å²) in [5.41, 5.74) is 8.21. The number of amides is 1. The van der Waals surface area contributed by atoms with Gasteiger partial charge >= 0.3 is 0 Å². The minimum Gasteiger partial charge on any atom is -0.393 e. The number of rotatable bonds is 3. The number of hydrogen-bond acceptors (Lipinski definition) is 2. The number of hydrogen-bond donors (Lipinski definition) is 2. The predicted molar refractivity (Wildman–Crippen MR) is 76.3 cm³/mol. The van der Waals surface area contributed by atoms with Gasteiger partial charge in [-0.1, -0.05) is 36.5 Å². The van der Waals surface area contributed by atoms with Crippen molar-refractivity contribution in [2.75, 3.05) is 0 Å². The van der Waals surface area contributed by atoms with Gasteiger partial charge in [0.1, 0.15) is 0 Å². The third kappa shape index (κ3) is 2.88. The second-order valence-corrected chi connectivity index (χ2v) is 5.31. The minimum atomic E-state index is -0.392. The van der Waals surface area contributed by atoms with Gasteiger partial charge in [0, 0.05) is 6.04 Å². The van der Waals surface area contributed by atoms with Crippen molar-refractivity contribution in [1.82, 2.24) is 5.32 Å². The SMILES string of the molecule is CC(C(=O)NC1CCc2ccccc2C1)C(N)=S. The molecule has 0 heterocycles. The smallest absolute Gasteiger partial charge is 0.229 e. The normalized spacial score (nSPS) is 19.7. The molecule has 18 heavy (non-hydrogen) atoms. The van der Waals surface area contributed by atoms with Crippen molar-refractivity contribution in [3.63, 3.8) is 0 Å². The lowest BCUT2D eigenvalue weighted by molar-refractivity contribution is -0.123. The monoisotopic (exact) mass is 262 g/mol. The van der Waals surface area contributed by atoms with Crippen LogP contribution < -0.4 is 11.1 Å². The fraction of sp³-hybridized carbons (Fsp3) is 0.429. The maximum Gasteiger partial charge on any atom is 0.229 e. The molecule has 2 unspecified atom stereocenters. The molecule has 3 N–H and O–H groups in total. The highest BCUT2D eigenvalue weighted by Crippen LogP contribution is 2.21. The third-order valence-corrected chi connectivity index (χ3v) is 3.87. The molecule has 1 amide bonds. The maximum absolute atomic E-state index is 11.9. The summed E-state index contributed by atoms with van der Waals surface area (Å²) in [7, 11) is 0. The highest BCUT2D eigenvalue weighted by molar-refractivity contribution is 7.80. The van der Waals surface area contributed by atoms with E-state index in [1.807, 2.05) is 6.07 Å². The average molecular weight is 262 g/mol. The van der Waals surface area contributed by atoms with Gasteiger partial charge in [-0.05, 0) is 37.3 Å². The lowest BCUT2D eigenvalue weighted by atomic mass is 9.88. The van der Waals surface area contributed by atoms with Crippen LogP contribution in [0.3, 0.4) is 0 Å². The second-order valence-electron chi connectivity index (χ2n) is 4.84. The van der Waals surface area contributed by atoms with Crippen LogP contribution in [0.5, 0.6) is 0 Å². The van der Waals surface area contributed by atoms with Crippen LogP contribution in [0.2, 0.25) is 0 Å². The van der Waals surface area contributed by atoms with Gasteiger partial charge in [-0.3, -0.25) is 4.79 Å². The molecule has 0 saturated carbocycles. The number of thiocarbonyl (C=S) groups is 1. The largest absolute Gasteiger partial charge is 0.393 e. The van der Waals surface area contributed by atoms with Gasteiger partial charge in [0.25, 0.3) is 0 Å². The first kappa shape index (κ1) is 13.0. The molecule has 1 aliphatic carbocycles. The summed E-state index contributed by atoms with van der Waals surface area (Å²) in [5, 5.41) is 3.03. The molecule has 1 aromatic carbocycles. The van der Waals surface area contributed by atoms with Gasteiger partial charge in [-0.25, -0.2) is 0 Å². The van der Waals surface area contributed by atoms with Crippen LogP contribution in [-0.2, 0) is 17.6 Å². The van der Waals surface area contributed by atoms with E-state index in [1.165, 1.54) is 11.1 Å². The first-order chi connectivity index (χ1) is 8.58. The fourth-order valence-corrected chi connectivity index (χ4v) is 2.38. The average Bonchev–Trinajstić information content (AvgIpc) is 2.37. The molecule has 0 aromatic heterocycles. The van der Waals surface area contributed by atoms with Crippen LogP contribution >= 0.6 is 12.2 Å². The molecule has 2 rings (SSSR count). The first-order valence-electron chi connectivity index (χ1n) is 6.24. The molecule has 2 atom stereocenters. The highest BCUT2D eigenvalue weighted by Gasteiger charge is 2.23. The van der Waals surface area contributed by atoms with E-state index in [0.29, 0.717) is 0 Å². The standard InChI is InChI=1S/C14H18N2OS/c1-9(13(15)18)14(17)16-12-7-6-10-4-2-3-5-11(10)8-12/h2-5,9,12H,6-8H2,1H3,(H2,15,18)(H,16,17). The van der Waals surface area contributed by atoms with Crippen molar-refractivity contribution in [2.24, 2.45) is 11.7 Å². The maximum atomic E-state index is 11.9. The predicted octanol–water partition coefficient (Wildman–Crippen LogP) is 1.58. The molecule has 4 heteroatoms. The third-order valence-electron chi connectivity index (χ3n) is 3.51. The Kier molecular flexibility index (Phi) is 3.97. The molecule has 3 nitrogen and oxygen atoms in total. The Balaban J connectivity index is 1.98. The van der Waals surface area contributed by atoms with Gasteiger partial charge < -0.3 is 11.1 Å². The van der Waals surface area contributed by atoms with E-state index in [1.54, 1.807) is 6.92 Å². The Morgan fingerprint density at radius 1 is 1.44 bits per heavy atom. The number of fused-ring (bicyclic) bond motifs is 1. The van der Waals surface area contributed by atoms with Crippen LogP contribution in [0.4, 0.5) is 0 Å². The molecular weight excluding hydrogens is 244 g/mol. The second kappa shape index (κ2) is 5.48. The Labute approximate surface area is 113 Å². The van der Waals surface area contributed by atoms with E-state index < -0.39 is 5.92 Å². The number of carbonyl (C=O) groups is 1. The Bertz CT molecular complexity index is 473.